The minimum Gasteiger partial charge on any atom is -0.325 e. The van der Waals surface area contributed by atoms with Crippen molar-refractivity contribution in [2.24, 2.45) is 5.92 Å². The molecular formula is C31H20F3N3O4S3. The van der Waals surface area contributed by atoms with Gasteiger partial charge in [-0.15, -0.1) is 11.3 Å². The van der Waals surface area contributed by atoms with Crippen molar-refractivity contribution >= 4 is 74.3 Å². The lowest BCUT2D eigenvalue weighted by Crippen LogP contribution is -2.33. The van der Waals surface area contributed by atoms with Gasteiger partial charge in [0.25, 0.3) is 0 Å². The summed E-state index contributed by atoms with van der Waals surface area (Å²) in [5.74, 6) is -3.78. The van der Waals surface area contributed by atoms with Crippen molar-refractivity contribution < 1.29 is 27.6 Å². The van der Waals surface area contributed by atoms with Crippen molar-refractivity contribution in [3.05, 3.63) is 109 Å². The molecule has 222 valence electrons. The fraction of sp³-hybridized carbons (Fsp3) is 0.161. The van der Waals surface area contributed by atoms with Gasteiger partial charge in [0.1, 0.15) is 11.8 Å². The zero-order valence-corrected chi connectivity index (χ0v) is 24.9. The molecule has 0 saturated carbocycles. The Labute approximate surface area is 259 Å². The van der Waals surface area contributed by atoms with Gasteiger partial charge in [-0.2, -0.15) is 13.2 Å². The average molecular weight is 652 g/mol. The van der Waals surface area contributed by atoms with Gasteiger partial charge in [0.2, 0.25) is 17.7 Å². The number of amides is 3. The highest BCUT2D eigenvalue weighted by Crippen LogP contribution is 2.55. The van der Waals surface area contributed by atoms with Crippen molar-refractivity contribution in [3.63, 3.8) is 0 Å². The summed E-state index contributed by atoms with van der Waals surface area (Å²) in [4.78, 5) is 55.6. The maximum Gasteiger partial charge on any atom is 0.418 e. The van der Waals surface area contributed by atoms with Crippen LogP contribution < -0.4 is 15.1 Å². The Morgan fingerprint density at radius 2 is 1.64 bits per heavy atom. The topological polar surface area (TPSA) is 88.5 Å². The Morgan fingerprint density at radius 3 is 2.39 bits per heavy atom. The molecule has 3 atom stereocenters. The first-order valence-electron chi connectivity index (χ1n) is 13.4. The maximum absolute atomic E-state index is 13.9. The number of hydrogen-bond acceptors (Lipinski definition) is 7. The van der Waals surface area contributed by atoms with Crippen LogP contribution in [0.25, 0.3) is 10.8 Å². The smallest absolute Gasteiger partial charge is 0.325 e. The monoisotopic (exact) mass is 651 g/mol. The number of thioether (sulfide) groups is 1. The Bertz CT molecular complexity index is 2020. The Balaban J connectivity index is 1.25. The lowest BCUT2D eigenvalue weighted by atomic mass is 9.87. The van der Waals surface area contributed by atoms with Crippen LogP contribution in [0.4, 0.5) is 24.5 Å². The molecular weight excluding hydrogens is 632 g/mol. The molecule has 0 aliphatic carbocycles. The summed E-state index contributed by atoms with van der Waals surface area (Å²) >= 11 is 3.16. The van der Waals surface area contributed by atoms with Crippen molar-refractivity contribution in [1.82, 2.24) is 4.57 Å². The number of thiazole rings is 1. The molecule has 4 heterocycles. The molecule has 2 aliphatic heterocycles. The molecule has 3 amide bonds. The van der Waals surface area contributed by atoms with E-state index in [4.69, 9.17) is 0 Å². The molecule has 0 radical (unpaired) electrons. The summed E-state index contributed by atoms with van der Waals surface area (Å²) in [5.41, 5.74) is -1.06. The third kappa shape index (κ3) is 4.75. The number of carbonyl (C=O) groups excluding carboxylic acids is 3. The number of thiophene rings is 1. The summed E-state index contributed by atoms with van der Waals surface area (Å²) in [7, 11) is 0. The van der Waals surface area contributed by atoms with E-state index in [1.807, 2.05) is 36.4 Å². The van der Waals surface area contributed by atoms with Crippen LogP contribution in [0.1, 0.15) is 21.2 Å². The Kier molecular flexibility index (Phi) is 6.98. The van der Waals surface area contributed by atoms with Crippen molar-refractivity contribution in [2.45, 2.75) is 28.9 Å². The first kappa shape index (κ1) is 28.6. The number of aromatic nitrogens is 1. The molecule has 2 unspecified atom stereocenters. The fourth-order valence-corrected chi connectivity index (χ4v) is 9.51. The van der Waals surface area contributed by atoms with Gasteiger partial charge in [-0.3, -0.25) is 23.7 Å². The van der Waals surface area contributed by atoms with Gasteiger partial charge >= 0.3 is 11.0 Å². The summed E-state index contributed by atoms with van der Waals surface area (Å²) in [6, 6.07) is 21.2. The second-order valence-corrected chi connectivity index (χ2v) is 13.4. The quantitative estimate of drug-likeness (QED) is 0.217. The molecule has 2 aromatic heterocycles. The van der Waals surface area contributed by atoms with Crippen molar-refractivity contribution in [2.75, 3.05) is 10.2 Å². The standard InChI is InChI=1S/C31H20F3N3O4S3/c32-31(33,34)19-8-3-4-9-20(19)37-27(39)24-23(21-10-5-13-42-21)26-29(43-25(24)28(37)40)36(30(41)44-26)15-22(38)35-18-12-11-16-6-1-2-7-17(16)14-18/h1-14,23-25H,15H2,(H,35,38)/t23-,24?,25?/m1/s1. The number of halogens is 3. The second-order valence-electron chi connectivity index (χ2n) is 10.3. The van der Waals surface area contributed by atoms with E-state index in [0.29, 0.717) is 25.4 Å². The summed E-state index contributed by atoms with van der Waals surface area (Å²) < 4.78 is 43.0. The zero-order valence-electron chi connectivity index (χ0n) is 22.4. The highest BCUT2D eigenvalue weighted by Gasteiger charge is 2.58. The Morgan fingerprint density at radius 1 is 0.886 bits per heavy atom. The van der Waals surface area contributed by atoms with Crippen LogP contribution in [0.5, 0.6) is 0 Å². The van der Waals surface area contributed by atoms with Gasteiger partial charge in [0, 0.05) is 21.4 Å². The predicted octanol–water partition coefficient (Wildman–Crippen LogP) is 6.58. The van der Waals surface area contributed by atoms with Gasteiger partial charge in [-0.1, -0.05) is 71.6 Å². The molecule has 7 rings (SSSR count). The van der Waals surface area contributed by atoms with E-state index in [1.54, 1.807) is 23.6 Å². The van der Waals surface area contributed by atoms with E-state index in [-0.39, 0.29) is 6.54 Å². The zero-order chi connectivity index (χ0) is 30.7. The van der Waals surface area contributed by atoms with E-state index in [2.05, 4.69) is 5.32 Å². The van der Waals surface area contributed by atoms with Crippen LogP contribution in [0.15, 0.2) is 94.1 Å². The van der Waals surface area contributed by atoms with E-state index < -0.39 is 57.1 Å². The van der Waals surface area contributed by atoms with Crippen LogP contribution in [-0.4, -0.2) is 27.5 Å². The number of anilines is 2. The normalized spacial score (nSPS) is 19.7. The first-order valence-corrected chi connectivity index (χ1v) is 16.0. The highest BCUT2D eigenvalue weighted by molar-refractivity contribution is 8.00. The number of benzene rings is 3. The number of hydrogen-bond donors (Lipinski definition) is 1. The molecule has 0 spiro atoms. The number of imide groups is 1. The molecule has 7 nitrogen and oxygen atoms in total. The van der Waals surface area contributed by atoms with E-state index in [0.717, 1.165) is 46.0 Å². The van der Waals surface area contributed by atoms with E-state index in [1.165, 1.54) is 28.0 Å². The van der Waals surface area contributed by atoms with Crippen LogP contribution in [0.2, 0.25) is 0 Å². The third-order valence-corrected chi connectivity index (χ3v) is 11.2. The Hall–Kier alpha value is -4.20. The van der Waals surface area contributed by atoms with E-state index in [9.17, 15) is 32.3 Å². The van der Waals surface area contributed by atoms with Crippen LogP contribution in [-0.2, 0) is 27.1 Å². The molecule has 0 bridgehead atoms. The fourth-order valence-electron chi connectivity index (χ4n) is 5.79. The third-order valence-electron chi connectivity index (χ3n) is 7.68. The molecule has 3 aromatic carbocycles. The second kappa shape index (κ2) is 10.8. The summed E-state index contributed by atoms with van der Waals surface area (Å²) in [6.45, 7) is -0.345. The van der Waals surface area contributed by atoms with Crippen molar-refractivity contribution in [3.8, 4) is 0 Å². The van der Waals surface area contributed by atoms with Crippen molar-refractivity contribution in [1.29, 1.82) is 0 Å². The summed E-state index contributed by atoms with van der Waals surface area (Å²) in [6.07, 6.45) is -4.79. The van der Waals surface area contributed by atoms with Crippen LogP contribution >= 0.6 is 34.4 Å². The highest BCUT2D eigenvalue weighted by atomic mass is 32.2. The molecule has 1 saturated heterocycles. The van der Waals surface area contributed by atoms with Gasteiger partial charge in [-0.05, 0) is 46.5 Å². The molecule has 1 fully saturated rings. The van der Waals surface area contributed by atoms with Crippen LogP contribution in [0.3, 0.4) is 0 Å². The van der Waals surface area contributed by atoms with E-state index >= 15 is 0 Å². The molecule has 44 heavy (non-hydrogen) atoms. The number of nitrogens with zero attached hydrogens (tertiary/aromatic N) is 2. The minimum atomic E-state index is -4.79. The summed E-state index contributed by atoms with van der Waals surface area (Å²) in [5, 5.41) is 5.81. The maximum atomic E-state index is 13.9. The first-order chi connectivity index (χ1) is 21.1. The van der Waals surface area contributed by atoms with Gasteiger partial charge in [0.15, 0.2) is 0 Å². The van der Waals surface area contributed by atoms with Gasteiger partial charge in [-0.25, -0.2) is 4.90 Å². The lowest BCUT2D eigenvalue weighted by Gasteiger charge is -2.29. The molecule has 5 aromatic rings. The number of carbonyl (C=O) groups is 3. The number of para-hydroxylation sites is 1. The van der Waals surface area contributed by atoms with Gasteiger partial charge in [0.05, 0.1) is 22.2 Å². The SMILES string of the molecule is O=C(Cn1c2c(sc1=O)[C@H](c1cccs1)C1C(=O)N(c3ccccc3C(F)(F)F)C(=O)C1S2)Nc1ccc2ccccc2c1. The molecule has 2 aliphatic rings. The molecule has 1 N–H and O–H groups in total. The number of fused-ring (bicyclic) bond motifs is 3. The number of nitrogens with one attached hydrogen (secondary N) is 1. The number of alkyl halides is 3. The molecule has 13 heteroatoms. The lowest BCUT2D eigenvalue weighted by molar-refractivity contribution is -0.137. The van der Waals surface area contributed by atoms with Crippen LogP contribution in [0, 0.1) is 5.92 Å². The number of rotatable bonds is 5. The average Bonchev–Trinajstić information content (AvgIpc) is 3.69. The predicted molar refractivity (Wildman–Crippen MR) is 164 cm³/mol. The largest absolute Gasteiger partial charge is 0.418 e. The van der Waals surface area contributed by atoms with Gasteiger partial charge < -0.3 is 5.32 Å². The minimum absolute atomic E-state index is 0.345.